The molecule has 5 nitrogen and oxygen atoms in total. The molecule has 1 rings (SSSR count). The highest BCUT2D eigenvalue weighted by atomic mass is 16.6. The number of amides is 1. The molecule has 1 unspecified atom stereocenters. The maximum Gasteiger partial charge on any atom is 0.410 e. The van der Waals surface area contributed by atoms with E-state index in [2.05, 4.69) is 31.1 Å². The van der Waals surface area contributed by atoms with E-state index in [1.165, 1.54) is 12.8 Å². The summed E-state index contributed by atoms with van der Waals surface area (Å²) < 4.78 is 5.50. The summed E-state index contributed by atoms with van der Waals surface area (Å²) in [4.78, 5) is 16.5. The van der Waals surface area contributed by atoms with Gasteiger partial charge in [0.25, 0.3) is 0 Å². The van der Waals surface area contributed by atoms with Crippen LogP contribution < -0.4 is 5.32 Å². The van der Waals surface area contributed by atoms with Gasteiger partial charge in [-0.1, -0.05) is 0 Å². The van der Waals surface area contributed by atoms with E-state index in [9.17, 15) is 4.79 Å². The molecule has 1 N–H and O–H groups in total. The van der Waals surface area contributed by atoms with Crippen molar-refractivity contribution >= 4 is 6.09 Å². The van der Waals surface area contributed by atoms with Gasteiger partial charge in [-0.3, -0.25) is 0 Å². The first-order valence-electron chi connectivity index (χ1n) is 9.11. The van der Waals surface area contributed by atoms with Gasteiger partial charge in [-0.25, -0.2) is 4.79 Å². The van der Waals surface area contributed by atoms with Crippen LogP contribution >= 0.6 is 0 Å². The molecule has 0 aromatic heterocycles. The Morgan fingerprint density at radius 2 is 2.04 bits per heavy atom. The zero-order chi connectivity index (χ0) is 17.5. The first-order valence-corrected chi connectivity index (χ1v) is 9.11. The topological polar surface area (TPSA) is 44.8 Å². The molecular weight excluding hydrogens is 290 g/mol. The van der Waals surface area contributed by atoms with Crippen molar-refractivity contribution in [2.75, 3.05) is 33.2 Å². The average molecular weight is 328 g/mol. The third kappa shape index (κ3) is 8.02. The molecular formula is C18H37N3O2. The summed E-state index contributed by atoms with van der Waals surface area (Å²) in [5, 5.41) is 3.51. The van der Waals surface area contributed by atoms with Crippen LogP contribution in [0.2, 0.25) is 0 Å². The number of hydrogen-bond donors (Lipinski definition) is 1. The fourth-order valence-corrected chi connectivity index (χ4v) is 2.75. The lowest BCUT2D eigenvalue weighted by Gasteiger charge is -2.28. The van der Waals surface area contributed by atoms with Gasteiger partial charge in [0, 0.05) is 25.2 Å². The molecule has 5 heteroatoms. The smallest absolute Gasteiger partial charge is 0.410 e. The molecule has 136 valence electrons. The summed E-state index contributed by atoms with van der Waals surface area (Å²) in [5.41, 5.74) is -0.417. The van der Waals surface area contributed by atoms with Crippen molar-refractivity contribution in [3.05, 3.63) is 0 Å². The minimum atomic E-state index is -0.417. The summed E-state index contributed by atoms with van der Waals surface area (Å²) in [6.45, 7) is 14.1. The Morgan fingerprint density at radius 3 is 2.65 bits per heavy atom. The fourth-order valence-electron chi connectivity index (χ4n) is 2.75. The first kappa shape index (κ1) is 20.2. The van der Waals surface area contributed by atoms with Gasteiger partial charge in [-0.05, 0) is 80.4 Å². The summed E-state index contributed by atoms with van der Waals surface area (Å²) in [6.07, 6.45) is 4.37. The Morgan fingerprint density at radius 1 is 1.35 bits per heavy atom. The second-order valence-electron chi connectivity index (χ2n) is 7.96. The molecule has 1 aliphatic rings. The van der Waals surface area contributed by atoms with Gasteiger partial charge in [-0.15, -0.1) is 0 Å². The van der Waals surface area contributed by atoms with E-state index < -0.39 is 5.60 Å². The van der Waals surface area contributed by atoms with Gasteiger partial charge in [0.1, 0.15) is 5.60 Å². The van der Waals surface area contributed by atoms with Crippen LogP contribution in [-0.4, -0.2) is 66.8 Å². The first-order chi connectivity index (χ1) is 10.7. The molecule has 1 saturated heterocycles. The quantitative estimate of drug-likeness (QED) is 0.696. The Hall–Kier alpha value is -0.810. The van der Waals surface area contributed by atoms with E-state index in [1.807, 2.05) is 25.7 Å². The molecule has 1 fully saturated rings. The van der Waals surface area contributed by atoms with E-state index in [4.69, 9.17) is 4.74 Å². The van der Waals surface area contributed by atoms with Crippen molar-refractivity contribution in [3.8, 4) is 0 Å². The van der Waals surface area contributed by atoms with Crippen LogP contribution in [0.1, 0.15) is 60.3 Å². The number of ether oxygens (including phenoxy) is 1. The summed E-state index contributed by atoms with van der Waals surface area (Å²) in [6, 6.07) is 0.895. The second-order valence-corrected chi connectivity index (χ2v) is 7.96. The van der Waals surface area contributed by atoms with Crippen LogP contribution in [0.15, 0.2) is 0 Å². The predicted molar refractivity (Wildman–Crippen MR) is 95.8 cm³/mol. The number of hydrogen-bond acceptors (Lipinski definition) is 4. The van der Waals surface area contributed by atoms with Crippen molar-refractivity contribution in [3.63, 3.8) is 0 Å². The molecule has 1 amide bonds. The van der Waals surface area contributed by atoms with Crippen LogP contribution in [0.4, 0.5) is 4.79 Å². The van der Waals surface area contributed by atoms with Crippen molar-refractivity contribution in [1.29, 1.82) is 0 Å². The Labute approximate surface area is 142 Å². The van der Waals surface area contributed by atoms with Crippen molar-refractivity contribution < 1.29 is 9.53 Å². The average Bonchev–Trinajstić information content (AvgIpc) is 2.88. The highest BCUT2D eigenvalue weighted by Crippen LogP contribution is 2.20. The van der Waals surface area contributed by atoms with E-state index in [-0.39, 0.29) is 12.1 Å². The predicted octanol–water partition coefficient (Wildman–Crippen LogP) is 3.10. The normalized spacial score (nSPS) is 19.0. The Balaban J connectivity index is 2.20. The molecule has 0 aliphatic carbocycles. The zero-order valence-electron chi connectivity index (χ0n) is 16.0. The highest BCUT2D eigenvalue weighted by Gasteiger charge is 2.31. The molecule has 0 bridgehead atoms. The maximum atomic E-state index is 12.2. The summed E-state index contributed by atoms with van der Waals surface area (Å²) in [5.74, 6) is 0. The largest absolute Gasteiger partial charge is 0.444 e. The molecule has 23 heavy (non-hydrogen) atoms. The monoisotopic (exact) mass is 327 g/mol. The minimum Gasteiger partial charge on any atom is -0.444 e. The lowest BCUT2D eigenvalue weighted by molar-refractivity contribution is 0.0226. The SMILES string of the molecule is CC(C)N(C)CCCCNCC1CCCN1C(=O)OC(C)(C)C. The maximum absolute atomic E-state index is 12.2. The van der Waals surface area contributed by atoms with E-state index in [0.29, 0.717) is 6.04 Å². The van der Waals surface area contributed by atoms with E-state index in [1.54, 1.807) is 0 Å². The van der Waals surface area contributed by atoms with E-state index in [0.717, 1.165) is 39.0 Å². The number of nitrogens with one attached hydrogen (secondary N) is 1. The van der Waals surface area contributed by atoms with Crippen LogP contribution in [0, 0.1) is 0 Å². The molecule has 0 radical (unpaired) electrons. The molecule has 1 aliphatic heterocycles. The van der Waals surface area contributed by atoms with Gasteiger partial charge in [-0.2, -0.15) is 0 Å². The standard InChI is InChI=1S/C18H37N3O2/c1-15(2)20(6)12-8-7-11-19-14-16-10-9-13-21(16)17(22)23-18(3,4)5/h15-16,19H,7-14H2,1-6H3. The summed E-state index contributed by atoms with van der Waals surface area (Å²) in [7, 11) is 2.18. The minimum absolute atomic E-state index is 0.166. The number of nitrogens with zero attached hydrogens (tertiary/aromatic N) is 2. The number of likely N-dealkylation sites (tertiary alicyclic amines) is 1. The highest BCUT2D eigenvalue weighted by molar-refractivity contribution is 5.69. The summed E-state index contributed by atoms with van der Waals surface area (Å²) >= 11 is 0. The lowest BCUT2D eigenvalue weighted by Crippen LogP contribution is -2.44. The van der Waals surface area contributed by atoms with Crippen LogP contribution in [-0.2, 0) is 4.74 Å². The molecule has 0 aromatic carbocycles. The van der Waals surface area contributed by atoms with Gasteiger partial charge in [0.05, 0.1) is 0 Å². The number of unbranched alkanes of at least 4 members (excludes halogenated alkanes) is 1. The molecule has 0 spiro atoms. The number of carbonyl (C=O) groups excluding carboxylic acids is 1. The second kappa shape index (κ2) is 9.48. The van der Waals surface area contributed by atoms with E-state index >= 15 is 0 Å². The number of rotatable bonds is 8. The van der Waals surface area contributed by atoms with Crippen molar-refractivity contribution in [2.45, 2.75) is 78.0 Å². The molecule has 0 aromatic rings. The van der Waals surface area contributed by atoms with Crippen LogP contribution in [0.3, 0.4) is 0 Å². The third-order valence-electron chi connectivity index (χ3n) is 4.38. The molecule has 1 atom stereocenters. The Kier molecular flexibility index (Phi) is 8.34. The van der Waals surface area contributed by atoms with Crippen LogP contribution in [0.5, 0.6) is 0 Å². The van der Waals surface area contributed by atoms with Crippen LogP contribution in [0.25, 0.3) is 0 Å². The molecule has 1 heterocycles. The van der Waals surface area contributed by atoms with Gasteiger partial charge < -0.3 is 19.9 Å². The fraction of sp³-hybridized carbons (Fsp3) is 0.944. The van der Waals surface area contributed by atoms with Crippen molar-refractivity contribution in [2.24, 2.45) is 0 Å². The third-order valence-corrected chi connectivity index (χ3v) is 4.38. The van der Waals surface area contributed by atoms with Gasteiger partial charge >= 0.3 is 6.09 Å². The lowest BCUT2D eigenvalue weighted by atomic mass is 10.2. The van der Waals surface area contributed by atoms with Gasteiger partial charge in [0.15, 0.2) is 0 Å². The zero-order valence-corrected chi connectivity index (χ0v) is 16.0. The molecule has 0 saturated carbocycles. The number of carbonyl (C=O) groups is 1. The van der Waals surface area contributed by atoms with Crippen molar-refractivity contribution in [1.82, 2.24) is 15.1 Å². The Bertz CT molecular complexity index is 353. The van der Waals surface area contributed by atoms with Gasteiger partial charge in [0.2, 0.25) is 0 Å².